The van der Waals surface area contributed by atoms with E-state index in [0.717, 1.165) is 5.39 Å². The maximum absolute atomic E-state index is 13.1. The average Bonchev–Trinajstić information content (AvgIpc) is 3.25. The third-order valence-electron chi connectivity index (χ3n) is 5.24. The third-order valence-corrected chi connectivity index (χ3v) is 5.24. The number of carbonyl (C=O) groups excluding carboxylic acids is 1. The van der Waals surface area contributed by atoms with Gasteiger partial charge in [-0.1, -0.05) is 18.2 Å². The number of aliphatic carboxylic acids is 1. The predicted molar refractivity (Wildman–Crippen MR) is 94.5 cm³/mol. The van der Waals surface area contributed by atoms with Gasteiger partial charge in [0.1, 0.15) is 11.3 Å². The van der Waals surface area contributed by atoms with E-state index in [0.29, 0.717) is 11.3 Å². The Balaban J connectivity index is 1.67. The molecule has 2 aromatic rings. The Morgan fingerprint density at radius 2 is 1.93 bits per heavy atom. The number of hydrogen-bond donors (Lipinski definition) is 2. The highest BCUT2D eigenvalue weighted by atomic mass is 19.4. The molecule has 0 bridgehead atoms. The number of fused-ring (bicyclic) bond motifs is 1. The van der Waals surface area contributed by atoms with Crippen LogP contribution in [-0.4, -0.2) is 47.2 Å². The first-order valence-electron chi connectivity index (χ1n) is 8.90. The molecule has 1 fully saturated rings. The van der Waals surface area contributed by atoms with Crippen LogP contribution < -0.4 is 5.32 Å². The number of benzene rings is 1. The molecule has 1 saturated heterocycles. The van der Waals surface area contributed by atoms with Crippen molar-refractivity contribution in [3.05, 3.63) is 36.1 Å². The summed E-state index contributed by atoms with van der Waals surface area (Å²) in [6, 6.07) is 7.75. The molecule has 1 aliphatic rings. The van der Waals surface area contributed by atoms with Gasteiger partial charge in [-0.05, 0) is 26.0 Å². The summed E-state index contributed by atoms with van der Waals surface area (Å²) in [5.41, 5.74) is 0.670. The molecule has 0 saturated carbocycles. The summed E-state index contributed by atoms with van der Waals surface area (Å²) < 4.78 is 45.1. The van der Waals surface area contributed by atoms with E-state index in [9.17, 15) is 22.8 Å². The second-order valence-corrected chi connectivity index (χ2v) is 7.14. The molecule has 0 aliphatic carbocycles. The summed E-state index contributed by atoms with van der Waals surface area (Å²) in [7, 11) is 0. The highest BCUT2D eigenvalue weighted by molar-refractivity contribution is 5.82. The van der Waals surface area contributed by atoms with E-state index in [1.807, 2.05) is 18.2 Å². The van der Waals surface area contributed by atoms with E-state index in [1.165, 1.54) is 11.8 Å². The summed E-state index contributed by atoms with van der Waals surface area (Å²) in [5.74, 6) is -5.04. The number of likely N-dealkylation sites (tertiary alicyclic amines) is 1. The standard InChI is InChI=1S/C19H21F3N2O4/c1-10(16-7-12-5-3-4-6-15(12)28-16)23-17(25)11(2)24-8-13(18(26)27)14(9-24)19(20,21)22/h3-7,10-11,13-14H,8-9H2,1-2H3,(H,23,25)(H,26,27)/t10?,11?,13-,14-/m1/s1. The number of carbonyl (C=O) groups is 2. The number of furan rings is 1. The van der Waals surface area contributed by atoms with Gasteiger partial charge < -0.3 is 14.8 Å². The number of para-hydroxylation sites is 1. The molecule has 2 heterocycles. The van der Waals surface area contributed by atoms with Crippen molar-refractivity contribution >= 4 is 22.8 Å². The smallest absolute Gasteiger partial charge is 0.393 e. The molecule has 1 aliphatic heterocycles. The van der Waals surface area contributed by atoms with E-state index in [4.69, 9.17) is 9.52 Å². The molecule has 0 spiro atoms. The molecule has 28 heavy (non-hydrogen) atoms. The lowest BCUT2D eigenvalue weighted by Gasteiger charge is -2.25. The van der Waals surface area contributed by atoms with E-state index in [2.05, 4.69) is 5.32 Å². The minimum absolute atomic E-state index is 0.326. The number of hydrogen-bond acceptors (Lipinski definition) is 4. The maximum atomic E-state index is 13.1. The van der Waals surface area contributed by atoms with Crippen LogP contribution in [0.1, 0.15) is 25.6 Å². The van der Waals surface area contributed by atoms with E-state index in [-0.39, 0.29) is 6.54 Å². The van der Waals surface area contributed by atoms with Gasteiger partial charge in [0.2, 0.25) is 5.91 Å². The summed E-state index contributed by atoms with van der Waals surface area (Å²) in [6.07, 6.45) is -4.63. The predicted octanol–water partition coefficient (Wildman–Crippen LogP) is 3.19. The summed E-state index contributed by atoms with van der Waals surface area (Å²) >= 11 is 0. The summed E-state index contributed by atoms with van der Waals surface area (Å²) in [6.45, 7) is 2.34. The van der Waals surface area contributed by atoms with Crippen LogP contribution in [0, 0.1) is 11.8 Å². The average molecular weight is 398 g/mol. The van der Waals surface area contributed by atoms with Gasteiger partial charge in [-0.3, -0.25) is 14.5 Å². The number of rotatable bonds is 5. The zero-order valence-corrected chi connectivity index (χ0v) is 15.4. The van der Waals surface area contributed by atoms with Crippen molar-refractivity contribution in [2.45, 2.75) is 32.1 Å². The third kappa shape index (κ3) is 3.99. The first kappa shape index (κ1) is 20.2. The Labute approximate surface area is 159 Å². The molecule has 1 amide bonds. The van der Waals surface area contributed by atoms with Gasteiger partial charge in [-0.15, -0.1) is 0 Å². The van der Waals surface area contributed by atoms with Crippen LogP contribution in [0.4, 0.5) is 13.2 Å². The quantitative estimate of drug-likeness (QED) is 0.808. The highest BCUT2D eigenvalue weighted by Gasteiger charge is 2.53. The highest BCUT2D eigenvalue weighted by Crippen LogP contribution is 2.38. The Morgan fingerprint density at radius 3 is 2.50 bits per heavy atom. The number of carboxylic acids is 1. The normalized spacial score (nSPS) is 22.9. The van der Waals surface area contributed by atoms with Crippen LogP contribution in [0.5, 0.6) is 0 Å². The molecule has 9 heteroatoms. The Hall–Kier alpha value is -2.55. The zero-order chi connectivity index (χ0) is 20.6. The fourth-order valence-corrected chi connectivity index (χ4v) is 3.52. The molecule has 2 N–H and O–H groups in total. The molecule has 4 atom stereocenters. The van der Waals surface area contributed by atoms with E-state index >= 15 is 0 Å². The van der Waals surface area contributed by atoms with Gasteiger partial charge in [-0.25, -0.2) is 0 Å². The number of nitrogens with one attached hydrogen (secondary N) is 1. The summed E-state index contributed by atoms with van der Waals surface area (Å²) in [5, 5.41) is 12.7. The van der Waals surface area contributed by atoms with Crippen molar-refractivity contribution in [2.75, 3.05) is 13.1 Å². The lowest BCUT2D eigenvalue weighted by molar-refractivity contribution is -0.188. The minimum Gasteiger partial charge on any atom is -0.481 e. The molecule has 152 valence electrons. The van der Waals surface area contributed by atoms with Gasteiger partial charge in [0.15, 0.2) is 0 Å². The Morgan fingerprint density at radius 1 is 1.25 bits per heavy atom. The molecular weight excluding hydrogens is 377 g/mol. The number of halogens is 3. The largest absolute Gasteiger partial charge is 0.481 e. The van der Waals surface area contributed by atoms with Crippen molar-refractivity contribution in [3.8, 4) is 0 Å². The maximum Gasteiger partial charge on any atom is 0.393 e. The lowest BCUT2D eigenvalue weighted by atomic mass is 9.96. The van der Waals surface area contributed by atoms with Crippen molar-refractivity contribution in [1.82, 2.24) is 10.2 Å². The fraction of sp³-hybridized carbons (Fsp3) is 0.474. The van der Waals surface area contributed by atoms with Crippen molar-refractivity contribution < 1.29 is 32.3 Å². The number of amides is 1. The zero-order valence-electron chi connectivity index (χ0n) is 15.4. The molecule has 1 aromatic heterocycles. The molecule has 3 rings (SSSR count). The van der Waals surface area contributed by atoms with Gasteiger partial charge >= 0.3 is 12.1 Å². The van der Waals surface area contributed by atoms with Crippen LogP contribution in [0.3, 0.4) is 0 Å². The van der Waals surface area contributed by atoms with Crippen molar-refractivity contribution in [1.29, 1.82) is 0 Å². The van der Waals surface area contributed by atoms with Gasteiger partial charge in [0.25, 0.3) is 0 Å². The molecule has 0 radical (unpaired) electrons. The number of carboxylic acid groups (broad SMARTS) is 1. The second kappa shape index (κ2) is 7.46. The SMILES string of the molecule is CC(NC(=O)C(C)N1C[C@@H](C(F)(F)F)[C@H](C(=O)O)C1)c1cc2ccccc2o1. The lowest BCUT2D eigenvalue weighted by Crippen LogP contribution is -2.45. The van der Waals surface area contributed by atoms with Crippen LogP contribution in [0.2, 0.25) is 0 Å². The van der Waals surface area contributed by atoms with E-state index in [1.54, 1.807) is 19.1 Å². The number of alkyl halides is 3. The molecule has 2 unspecified atom stereocenters. The molecule has 1 aromatic carbocycles. The van der Waals surface area contributed by atoms with Crippen LogP contribution in [0.25, 0.3) is 11.0 Å². The van der Waals surface area contributed by atoms with Gasteiger partial charge in [0.05, 0.1) is 23.9 Å². The molecular formula is C19H21F3N2O4. The van der Waals surface area contributed by atoms with Crippen LogP contribution >= 0.6 is 0 Å². The van der Waals surface area contributed by atoms with Crippen LogP contribution in [-0.2, 0) is 9.59 Å². The van der Waals surface area contributed by atoms with Crippen LogP contribution in [0.15, 0.2) is 34.7 Å². The Kier molecular flexibility index (Phi) is 5.38. The monoisotopic (exact) mass is 398 g/mol. The first-order valence-corrected chi connectivity index (χ1v) is 8.90. The fourth-order valence-electron chi connectivity index (χ4n) is 3.52. The number of nitrogens with zero attached hydrogens (tertiary/aromatic N) is 1. The van der Waals surface area contributed by atoms with E-state index < -0.39 is 48.5 Å². The topological polar surface area (TPSA) is 82.8 Å². The van der Waals surface area contributed by atoms with Crippen molar-refractivity contribution in [2.24, 2.45) is 11.8 Å². The van der Waals surface area contributed by atoms with Gasteiger partial charge in [0, 0.05) is 18.5 Å². The molecule has 6 nitrogen and oxygen atoms in total. The van der Waals surface area contributed by atoms with Crippen molar-refractivity contribution in [3.63, 3.8) is 0 Å². The second-order valence-electron chi connectivity index (χ2n) is 7.14. The van der Waals surface area contributed by atoms with Gasteiger partial charge in [-0.2, -0.15) is 13.2 Å². The Bertz CT molecular complexity index is 846. The summed E-state index contributed by atoms with van der Waals surface area (Å²) in [4.78, 5) is 25.0. The minimum atomic E-state index is -4.63. The first-order chi connectivity index (χ1) is 13.1.